The number of carbonyl (C=O) groups is 2. The molecule has 1 unspecified atom stereocenters. The highest BCUT2D eigenvalue weighted by atomic mass is 16.6. The van der Waals surface area contributed by atoms with E-state index in [2.05, 4.69) is 10.3 Å². The van der Waals surface area contributed by atoms with Crippen molar-refractivity contribution in [1.29, 1.82) is 0 Å². The van der Waals surface area contributed by atoms with Crippen molar-refractivity contribution in [3.63, 3.8) is 0 Å². The number of H-pyrrole nitrogens is 1. The maximum atomic E-state index is 13.2. The number of amides is 3. The number of hydrogen-bond acceptors (Lipinski definition) is 3. The van der Waals surface area contributed by atoms with Crippen molar-refractivity contribution >= 4 is 28.8 Å². The fourth-order valence-electron chi connectivity index (χ4n) is 5.17. The molecule has 2 N–H and O–H groups in total. The molecule has 6 rings (SSSR count). The molecule has 1 atom stereocenters. The van der Waals surface area contributed by atoms with Crippen LogP contribution in [0.5, 0.6) is 0 Å². The Morgan fingerprint density at radius 2 is 1.56 bits per heavy atom. The van der Waals surface area contributed by atoms with Gasteiger partial charge in [0.05, 0.1) is 0 Å². The topological polar surface area (TPSA) is 77.7 Å². The molecule has 7 heteroatoms. The average Bonchev–Trinajstić information content (AvgIpc) is 3.43. The van der Waals surface area contributed by atoms with E-state index in [4.69, 9.17) is 4.74 Å². The number of ether oxygens (including phenoxy) is 1. The van der Waals surface area contributed by atoms with Crippen LogP contribution in [-0.4, -0.2) is 52.6 Å². The van der Waals surface area contributed by atoms with Crippen molar-refractivity contribution in [1.82, 2.24) is 14.8 Å². The Hall–Kier alpha value is -4.26. The van der Waals surface area contributed by atoms with Gasteiger partial charge in [-0.3, -0.25) is 10.2 Å². The first-order chi connectivity index (χ1) is 16.6. The van der Waals surface area contributed by atoms with E-state index in [1.807, 2.05) is 91.0 Å². The summed E-state index contributed by atoms with van der Waals surface area (Å²) in [7, 11) is 0. The number of aromatic nitrogens is 1. The minimum atomic E-state index is -1.00. The van der Waals surface area contributed by atoms with Crippen LogP contribution in [0.25, 0.3) is 10.9 Å². The summed E-state index contributed by atoms with van der Waals surface area (Å²) >= 11 is 0. The van der Waals surface area contributed by atoms with Crippen molar-refractivity contribution in [3.8, 4) is 0 Å². The van der Waals surface area contributed by atoms with Crippen LogP contribution in [0.4, 0.5) is 15.4 Å². The van der Waals surface area contributed by atoms with E-state index in [0.29, 0.717) is 25.5 Å². The quantitative estimate of drug-likeness (QED) is 0.470. The molecule has 2 aliphatic rings. The summed E-state index contributed by atoms with van der Waals surface area (Å²) < 4.78 is 6.18. The number of nitrogens with one attached hydrogen (secondary N) is 2. The second-order valence-corrected chi connectivity index (χ2v) is 8.69. The zero-order valence-corrected chi connectivity index (χ0v) is 18.5. The minimum absolute atomic E-state index is 0.208. The van der Waals surface area contributed by atoms with Gasteiger partial charge in [-0.1, -0.05) is 78.9 Å². The molecule has 2 fully saturated rings. The molecule has 4 aromatic rings. The molecule has 0 bridgehead atoms. The van der Waals surface area contributed by atoms with Crippen molar-refractivity contribution < 1.29 is 14.3 Å². The highest BCUT2D eigenvalue weighted by Crippen LogP contribution is 2.45. The third kappa shape index (κ3) is 3.20. The van der Waals surface area contributed by atoms with E-state index >= 15 is 0 Å². The molecule has 3 heterocycles. The standard InChI is InChI=1S/C27H24N4O3/c32-25(29-24-17-19-9-7-8-14-22(19)28-24)30-15-16-31-23(18-30)27(34-26(31)33,20-10-3-1-4-11-20)21-12-5-2-6-13-21/h1-14,17,23,28H,15-16,18H2,(H,29,32). The molecule has 170 valence electrons. The summed E-state index contributed by atoms with van der Waals surface area (Å²) in [6, 6.07) is 28.8. The van der Waals surface area contributed by atoms with Gasteiger partial charge in [-0.15, -0.1) is 0 Å². The lowest BCUT2D eigenvalue weighted by Crippen LogP contribution is -2.59. The molecule has 34 heavy (non-hydrogen) atoms. The van der Waals surface area contributed by atoms with E-state index in [-0.39, 0.29) is 18.2 Å². The Kier molecular flexibility index (Phi) is 4.76. The van der Waals surface area contributed by atoms with Crippen LogP contribution in [0, 0.1) is 0 Å². The predicted octanol–water partition coefficient (Wildman–Crippen LogP) is 4.78. The first-order valence-electron chi connectivity index (χ1n) is 11.4. The maximum absolute atomic E-state index is 13.2. The highest BCUT2D eigenvalue weighted by Gasteiger charge is 2.58. The number of para-hydroxylation sites is 1. The molecule has 2 saturated heterocycles. The van der Waals surface area contributed by atoms with Gasteiger partial charge in [0, 0.05) is 41.7 Å². The summed E-state index contributed by atoms with van der Waals surface area (Å²) in [4.78, 5) is 33.0. The number of piperazine rings is 1. The second-order valence-electron chi connectivity index (χ2n) is 8.69. The molecule has 0 aliphatic carbocycles. The number of cyclic esters (lactones) is 1. The lowest BCUT2D eigenvalue weighted by molar-refractivity contribution is 0.0525. The Balaban J connectivity index is 1.33. The molecule has 7 nitrogen and oxygen atoms in total. The van der Waals surface area contributed by atoms with Crippen molar-refractivity contribution in [3.05, 3.63) is 102 Å². The third-order valence-corrected chi connectivity index (χ3v) is 6.80. The summed E-state index contributed by atoms with van der Waals surface area (Å²) in [5, 5.41) is 4.02. The van der Waals surface area contributed by atoms with Crippen LogP contribution in [-0.2, 0) is 10.3 Å². The van der Waals surface area contributed by atoms with Crippen LogP contribution >= 0.6 is 0 Å². The lowest BCUT2D eigenvalue weighted by atomic mass is 9.79. The van der Waals surface area contributed by atoms with Gasteiger partial charge in [0.1, 0.15) is 11.9 Å². The van der Waals surface area contributed by atoms with Crippen molar-refractivity contribution in [2.45, 2.75) is 11.6 Å². The van der Waals surface area contributed by atoms with E-state index in [1.165, 1.54) is 0 Å². The van der Waals surface area contributed by atoms with Gasteiger partial charge in [-0.05, 0) is 12.1 Å². The van der Waals surface area contributed by atoms with Gasteiger partial charge in [-0.25, -0.2) is 9.59 Å². The SMILES string of the molecule is O=C(Nc1cc2ccccc2[nH]1)N1CCN2C(=O)OC(c3ccccc3)(c3ccccc3)C2C1. The maximum Gasteiger partial charge on any atom is 0.411 e. The monoisotopic (exact) mass is 452 g/mol. The number of rotatable bonds is 3. The lowest BCUT2D eigenvalue weighted by Gasteiger charge is -2.42. The molecular weight excluding hydrogens is 428 g/mol. The molecular formula is C27H24N4O3. The van der Waals surface area contributed by atoms with Gasteiger partial charge >= 0.3 is 12.1 Å². The smallest absolute Gasteiger partial charge is 0.411 e. The van der Waals surface area contributed by atoms with Crippen LogP contribution in [0.2, 0.25) is 0 Å². The molecule has 0 spiro atoms. The molecule has 3 aromatic carbocycles. The van der Waals surface area contributed by atoms with Crippen LogP contribution in [0.1, 0.15) is 11.1 Å². The first kappa shape index (κ1) is 20.4. The van der Waals surface area contributed by atoms with Gasteiger partial charge in [0.15, 0.2) is 5.60 Å². The van der Waals surface area contributed by atoms with Crippen molar-refractivity contribution in [2.75, 3.05) is 25.0 Å². The summed E-state index contributed by atoms with van der Waals surface area (Å²) in [5.41, 5.74) is 1.74. The predicted molar refractivity (Wildman–Crippen MR) is 130 cm³/mol. The van der Waals surface area contributed by atoms with E-state index in [9.17, 15) is 9.59 Å². The number of urea groups is 1. The fraction of sp³-hybridized carbons (Fsp3) is 0.185. The number of nitrogens with zero attached hydrogens (tertiary/aromatic N) is 2. The Morgan fingerprint density at radius 1 is 0.912 bits per heavy atom. The largest absolute Gasteiger partial charge is 0.431 e. The van der Waals surface area contributed by atoms with E-state index in [0.717, 1.165) is 22.0 Å². The van der Waals surface area contributed by atoms with Crippen LogP contribution in [0.3, 0.4) is 0 Å². The van der Waals surface area contributed by atoms with Gasteiger partial charge in [-0.2, -0.15) is 0 Å². The Morgan fingerprint density at radius 3 is 2.24 bits per heavy atom. The van der Waals surface area contributed by atoms with Crippen molar-refractivity contribution in [2.24, 2.45) is 0 Å². The fourth-order valence-corrected chi connectivity index (χ4v) is 5.17. The number of anilines is 1. The average molecular weight is 453 g/mol. The number of aromatic amines is 1. The zero-order valence-electron chi connectivity index (χ0n) is 18.5. The summed E-state index contributed by atoms with van der Waals surface area (Å²) in [6.07, 6.45) is -0.353. The molecule has 3 amide bonds. The first-order valence-corrected chi connectivity index (χ1v) is 11.4. The second kappa shape index (κ2) is 7.95. The Bertz CT molecular complexity index is 1280. The Labute approximate surface area is 196 Å². The molecule has 2 aliphatic heterocycles. The number of carbonyl (C=O) groups excluding carboxylic acids is 2. The minimum Gasteiger partial charge on any atom is -0.431 e. The zero-order chi connectivity index (χ0) is 23.1. The number of hydrogen-bond donors (Lipinski definition) is 2. The molecule has 0 radical (unpaired) electrons. The third-order valence-electron chi connectivity index (χ3n) is 6.80. The van der Waals surface area contributed by atoms with Gasteiger partial charge in [0.2, 0.25) is 0 Å². The summed E-state index contributed by atoms with van der Waals surface area (Å²) in [5.74, 6) is 0.643. The molecule has 1 aromatic heterocycles. The normalized spacial score (nSPS) is 19.1. The van der Waals surface area contributed by atoms with Gasteiger partial charge in [0.25, 0.3) is 0 Å². The van der Waals surface area contributed by atoms with Crippen LogP contribution < -0.4 is 5.32 Å². The van der Waals surface area contributed by atoms with E-state index < -0.39 is 5.60 Å². The van der Waals surface area contributed by atoms with Gasteiger partial charge < -0.3 is 14.6 Å². The van der Waals surface area contributed by atoms with E-state index in [1.54, 1.807) is 9.80 Å². The van der Waals surface area contributed by atoms with Crippen LogP contribution in [0.15, 0.2) is 91.0 Å². The number of fused-ring (bicyclic) bond motifs is 2. The molecule has 0 saturated carbocycles. The highest BCUT2D eigenvalue weighted by molar-refractivity contribution is 5.93. The number of benzene rings is 3. The summed E-state index contributed by atoms with van der Waals surface area (Å²) in [6.45, 7) is 1.18.